The first kappa shape index (κ1) is 24.9. The Bertz CT molecular complexity index is 1210. The fourth-order valence-electron chi connectivity index (χ4n) is 3.90. The van der Waals surface area contributed by atoms with Crippen molar-refractivity contribution in [2.24, 2.45) is 0 Å². The van der Waals surface area contributed by atoms with Crippen molar-refractivity contribution in [1.82, 2.24) is 5.16 Å². The topological polar surface area (TPSA) is 56.5 Å². The van der Waals surface area contributed by atoms with Gasteiger partial charge in [-0.05, 0) is 57.6 Å². The SMILES string of the molecule is C=C1OB(c2ccc(-c3onc(C)c3NC(C)CCc3cccc(C(F)(F)F)c3)cc2)OC1(C)C. The van der Waals surface area contributed by atoms with Crippen LogP contribution in [0.1, 0.15) is 44.0 Å². The number of alkyl halides is 3. The molecule has 0 aliphatic carbocycles. The highest BCUT2D eigenvalue weighted by Crippen LogP contribution is 2.33. The van der Waals surface area contributed by atoms with E-state index in [0.29, 0.717) is 35.6 Å². The summed E-state index contributed by atoms with van der Waals surface area (Å²) < 4.78 is 56.2. The molecule has 1 unspecified atom stereocenters. The third kappa shape index (κ3) is 5.56. The Morgan fingerprint density at radius 3 is 2.49 bits per heavy atom. The highest BCUT2D eigenvalue weighted by molar-refractivity contribution is 6.62. The van der Waals surface area contributed by atoms with Gasteiger partial charge >= 0.3 is 13.3 Å². The number of benzene rings is 2. The average molecular weight is 484 g/mol. The van der Waals surface area contributed by atoms with E-state index in [4.69, 9.17) is 13.8 Å². The zero-order valence-electron chi connectivity index (χ0n) is 20.2. The van der Waals surface area contributed by atoms with E-state index >= 15 is 0 Å². The molecule has 0 bridgehead atoms. The summed E-state index contributed by atoms with van der Waals surface area (Å²) in [5.41, 5.74) is 2.63. The van der Waals surface area contributed by atoms with Gasteiger partial charge in [0, 0.05) is 11.6 Å². The molecule has 3 aromatic rings. The van der Waals surface area contributed by atoms with Crippen LogP contribution in [0, 0.1) is 6.92 Å². The molecule has 1 aliphatic heterocycles. The molecule has 0 amide bonds. The maximum Gasteiger partial charge on any atom is 0.563 e. The molecule has 1 aromatic heterocycles. The predicted octanol–water partition coefficient (Wildman–Crippen LogP) is 6.14. The van der Waals surface area contributed by atoms with E-state index in [1.54, 1.807) is 6.07 Å². The van der Waals surface area contributed by atoms with Gasteiger partial charge < -0.3 is 19.1 Å². The molecule has 0 spiro atoms. The molecule has 2 aromatic carbocycles. The number of halogens is 3. The van der Waals surface area contributed by atoms with Crippen LogP contribution in [0.3, 0.4) is 0 Å². The van der Waals surface area contributed by atoms with Crippen LogP contribution in [-0.4, -0.2) is 23.9 Å². The summed E-state index contributed by atoms with van der Waals surface area (Å²) in [7, 11) is -0.517. The summed E-state index contributed by atoms with van der Waals surface area (Å²) in [5, 5.41) is 7.53. The summed E-state index contributed by atoms with van der Waals surface area (Å²) in [6.45, 7) is 11.6. The van der Waals surface area contributed by atoms with Gasteiger partial charge in [0.05, 0.1) is 11.3 Å². The van der Waals surface area contributed by atoms with Crippen molar-refractivity contribution in [3.8, 4) is 11.3 Å². The van der Waals surface area contributed by atoms with Crippen LogP contribution in [0.5, 0.6) is 0 Å². The lowest BCUT2D eigenvalue weighted by Gasteiger charge is -2.16. The van der Waals surface area contributed by atoms with Gasteiger partial charge in [-0.1, -0.05) is 54.2 Å². The largest absolute Gasteiger partial charge is 0.563 e. The Hall–Kier alpha value is -3.20. The van der Waals surface area contributed by atoms with Gasteiger partial charge in [0.15, 0.2) is 5.76 Å². The van der Waals surface area contributed by atoms with Gasteiger partial charge in [-0.2, -0.15) is 13.2 Å². The van der Waals surface area contributed by atoms with Crippen LogP contribution in [0.15, 0.2) is 65.4 Å². The molecule has 184 valence electrons. The molecule has 5 nitrogen and oxygen atoms in total. The molecule has 2 heterocycles. The zero-order valence-corrected chi connectivity index (χ0v) is 20.2. The second-order valence-electron chi connectivity index (χ2n) is 9.38. The van der Waals surface area contributed by atoms with Gasteiger partial charge in [0.2, 0.25) is 0 Å². The van der Waals surface area contributed by atoms with Crippen LogP contribution < -0.4 is 10.8 Å². The fraction of sp³-hybridized carbons (Fsp3) is 0.346. The minimum atomic E-state index is -4.34. The number of nitrogens with one attached hydrogen (secondary N) is 1. The fourth-order valence-corrected chi connectivity index (χ4v) is 3.90. The number of hydrogen-bond donors (Lipinski definition) is 1. The van der Waals surface area contributed by atoms with E-state index in [1.165, 1.54) is 12.1 Å². The van der Waals surface area contributed by atoms with Crippen molar-refractivity contribution in [1.29, 1.82) is 0 Å². The van der Waals surface area contributed by atoms with Crippen molar-refractivity contribution < 1.29 is 27.0 Å². The van der Waals surface area contributed by atoms with Gasteiger partial charge in [0.1, 0.15) is 17.0 Å². The van der Waals surface area contributed by atoms with Crippen molar-refractivity contribution in [3.63, 3.8) is 0 Å². The molecular weight excluding hydrogens is 456 g/mol. The Labute approximate surface area is 203 Å². The molecule has 1 N–H and O–H groups in total. The summed E-state index contributed by atoms with van der Waals surface area (Å²) in [6.07, 6.45) is -3.19. The molecule has 1 saturated heterocycles. The Balaban J connectivity index is 1.43. The Kier molecular flexibility index (Phi) is 6.73. The number of rotatable bonds is 7. The first-order chi connectivity index (χ1) is 16.4. The van der Waals surface area contributed by atoms with E-state index in [2.05, 4.69) is 17.1 Å². The van der Waals surface area contributed by atoms with E-state index in [-0.39, 0.29) is 6.04 Å². The minimum absolute atomic E-state index is 0.0193. The van der Waals surface area contributed by atoms with Gasteiger partial charge in [-0.25, -0.2) is 0 Å². The lowest BCUT2D eigenvalue weighted by molar-refractivity contribution is -0.137. The summed E-state index contributed by atoms with van der Waals surface area (Å²) in [6, 6.07) is 13.1. The highest BCUT2D eigenvalue weighted by atomic mass is 19.4. The van der Waals surface area contributed by atoms with Crippen LogP contribution in [-0.2, 0) is 21.9 Å². The second kappa shape index (κ2) is 9.45. The number of anilines is 1. The zero-order chi connectivity index (χ0) is 25.4. The van der Waals surface area contributed by atoms with E-state index in [0.717, 1.165) is 22.8 Å². The third-order valence-corrected chi connectivity index (χ3v) is 6.14. The number of aromatic nitrogens is 1. The van der Waals surface area contributed by atoms with Gasteiger partial charge in [0.25, 0.3) is 0 Å². The average Bonchev–Trinajstić information content (AvgIpc) is 3.30. The molecule has 35 heavy (non-hydrogen) atoms. The molecule has 0 saturated carbocycles. The maximum absolute atomic E-state index is 13.0. The second-order valence-corrected chi connectivity index (χ2v) is 9.38. The van der Waals surface area contributed by atoms with Gasteiger partial charge in [-0.3, -0.25) is 0 Å². The standard InChI is InChI=1S/C26H28BF3N2O3/c1-16(9-10-19-7-6-8-21(15-19)26(28,29)30)31-23-17(2)32-34-24(23)20-11-13-22(14-12-20)27-33-18(3)25(4,5)35-27/h6-8,11-16,31H,3,9-10H2,1-2,4-5H3. The molecular formula is C26H28BF3N2O3. The molecule has 1 atom stereocenters. The Morgan fingerprint density at radius 2 is 1.86 bits per heavy atom. The third-order valence-electron chi connectivity index (χ3n) is 6.14. The quantitative estimate of drug-likeness (QED) is 0.409. The number of aryl methyl sites for hydroxylation is 2. The Morgan fingerprint density at radius 1 is 1.14 bits per heavy atom. The minimum Gasteiger partial charge on any atom is -0.534 e. The predicted molar refractivity (Wildman–Crippen MR) is 130 cm³/mol. The van der Waals surface area contributed by atoms with Crippen LogP contribution >= 0.6 is 0 Å². The van der Waals surface area contributed by atoms with Crippen LogP contribution in [0.4, 0.5) is 18.9 Å². The van der Waals surface area contributed by atoms with E-state index in [1.807, 2.05) is 52.0 Å². The molecule has 4 rings (SSSR count). The first-order valence-corrected chi connectivity index (χ1v) is 11.5. The normalized spacial score (nSPS) is 16.3. The van der Waals surface area contributed by atoms with Crippen molar-refractivity contribution in [3.05, 3.63) is 77.7 Å². The monoisotopic (exact) mass is 484 g/mol. The van der Waals surface area contributed by atoms with Crippen LogP contribution in [0.25, 0.3) is 11.3 Å². The smallest absolute Gasteiger partial charge is 0.534 e. The highest BCUT2D eigenvalue weighted by Gasteiger charge is 2.42. The lowest BCUT2D eigenvalue weighted by Crippen LogP contribution is -2.34. The number of nitrogens with zero attached hydrogens (tertiary/aromatic N) is 1. The van der Waals surface area contributed by atoms with Crippen molar-refractivity contribution >= 4 is 18.3 Å². The maximum atomic E-state index is 13.0. The van der Waals surface area contributed by atoms with Crippen molar-refractivity contribution in [2.75, 3.05) is 5.32 Å². The molecule has 9 heteroatoms. The summed E-state index contributed by atoms with van der Waals surface area (Å²) >= 11 is 0. The van der Waals surface area contributed by atoms with E-state index < -0.39 is 24.5 Å². The molecule has 1 aliphatic rings. The summed E-state index contributed by atoms with van der Waals surface area (Å²) in [4.78, 5) is 0. The van der Waals surface area contributed by atoms with Gasteiger partial charge in [-0.15, -0.1) is 0 Å². The van der Waals surface area contributed by atoms with Crippen LogP contribution in [0.2, 0.25) is 0 Å². The van der Waals surface area contributed by atoms with Crippen molar-refractivity contribution in [2.45, 2.75) is 58.4 Å². The molecule has 1 fully saturated rings. The van der Waals surface area contributed by atoms with E-state index in [9.17, 15) is 13.2 Å². The summed E-state index contributed by atoms with van der Waals surface area (Å²) in [5.74, 6) is 1.18. The first-order valence-electron chi connectivity index (χ1n) is 11.5. The lowest BCUT2D eigenvalue weighted by atomic mass is 9.79. The number of hydrogen-bond acceptors (Lipinski definition) is 5. The molecule has 0 radical (unpaired) electrons.